The van der Waals surface area contributed by atoms with E-state index in [0.29, 0.717) is 13.1 Å². The van der Waals surface area contributed by atoms with Gasteiger partial charge in [0.15, 0.2) is 12.5 Å². The minimum absolute atomic E-state index is 0.305. The molecular formula is C14H15N3O. The van der Waals surface area contributed by atoms with E-state index in [1.54, 1.807) is 0 Å². The van der Waals surface area contributed by atoms with Crippen molar-refractivity contribution in [1.29, 1.82) is 0 Å². The molecule has 0 radical (unpaired) electrons. The molecule has 0 aromatic heterocycles. The maximum absolute atomic E-state index is 11.1. The van der Waals surface area contributed by atoms with E-state index in [-0.39, 0.29) is 6.17 Å². The van der Waals surface area contributed by atoms with Gasteiger partial charge in [-0.3, -0.25) is 4.79 Å². The van der Waals surface area contributed by atoms with Gasteiger partial charge in [-0.05, 0) is 22.9 Å². The number of nitrogens with one attached hydrogen (secondary N) is 1. The molecule has 4 heteroatoms. The van der Waals surface area contributed by atoms with Crippen molar-refractivity contribution in [2.24, 2.45) is 5.73 Å². The van der Waals surface area contributed by atoms with E-state index in [1.165, 1.54) is 10.8 Å². The minimum Gasteiger partial charge on any atom is -0.358 e. The lowest BCUT2D eigenvalue weighted by Crippen LogP contribution is -2.40. The number of nitrogens with zero attached hydrogens (tertiary/aromatic N) is 1. The second kappa shape index (κ2) is 4.31. The number of hydrogen-bond donors (Lipinski definition) is 2. The molecule has 0 spiro atoms. The summed E-state index contributed by atoms with van der Waals surface area (Å²) in [6, 6.07) is 12.4. The maximum Gasteiger partial charge on any atom is 0.162 e. The highest BCUT2D eigenvalue weighted by Gasteiger charge is 2.27. The fourth-order valence-electron chi connectivity index (χ4n) is 2.47. The summed E-state index contributed by atoms with van der Waals surface area (Å²) in [5, 5.41) is 5.56. The quantitative estimate of drug-likeness (QED) is 0.801. The molecule has 1 atom stereocenters. The zero-order chi connectivity index (χ0) is 12.5. The van der Waals surface area contributed by atoms with Crippen LogP contribution in [0.2, 0.25) is 0 Å². The predicted molar refractivity (Wildman–Crippen MR) is 73.8 cm³/mol. The van der Waals surface area contributed by atoms with Crippen LogP contribution in [0.1, 0.15) is 0 Å². The van der Waals surface area contributed by atoms with Gasteiger partial charge in [-0.1, -0.05) is 24.3 Å². The van der Waals surface area contributed by atoms with E-state index in [2.05, 4.69) is 29.6 Å². The molecule has 2 aromatic rings. The molecule has 3 N–H and O–H groups in total. The highest BCUT2D eigenvalue weighted by atomic mass is 16.1. The predicted octanol–water partition coefficient (Wildman–Crippen LogP) is 1.56. The molecule has 0 amide bonds. The van der Waals surface area contributed by atoms with Gasteiger partial charge in [0.2, 0.25) is 0 Å². The Morgan fingerprint density at radius 3 is 2.67 bits per heavy atom. The molecular weight excluding hydrogens is 226 g/mol. The summed E-state index contributed by atoms with van der Waals surface area (Å²) in [5.74, 6) is 0. The lowest BCUT2D eigenvalue weighted by molar-refractivity contribution is -0.108. The number of anilines is 2. The van der Waals surface area contributed by atoms with Gasteiger partial charge in [0.25, 0.3) is 0 Å². The molecule has 0 saturated heterocycles. The van der Waals surface area contributed by atoms with Crippen molar-refractivity contribution in [2.45, 2.75) is 6.17 Å². The average Bonchev–Trinajstić information content (AvgIpc) is 2.74. The van der Waals surface area contributed by atoms with Crippen molar-refractivity contribution >= 4 is 28.4 Å². The van der Waals surface area contributed by atoms with Gasteiger partial charge in [-0.25, -0.2) is 0 Å². The fraction of sp³-hybridized carbons (Fsp3) is 0.214. The van der Waals surface area contributed by atoms with Crippen LogP contribution in [0.25, 0.3) is 10.8 Å². The summed E-state index contributed by atoms with van der Waals surface area (Å²) in [5.41, 5.74) is 7.66. The molecule has 3 rings (SSSR count). The van der Waals surface area contributed by atoms with Crippen molar-refractivity contribution in [3.63, 3.8) is 0 Å². The Labute approximate surface area is 105 Å². The van der Waals surface area contributed by atoms with E-state index in [1.807, 2.05) is 17.0 Å². The van der Waals surface area contributed by atoms with Crippen molar-refractivity contribution in [2.75, 3.05) is 23.3 Å². The van der Waals surface area contributed by atoms with Crippen LogP contribution in [0.3, 0.4) is 0 Å². The van der Waals surface area contributed by atoms with Gasteiger partial charge >= 0.3 is 0 Å². The SMILES string of the molecule is NCCN1c2cc3ccccc3cc2NC1C=O. The Bertz CT molecular complexity index is 597. The molecule has 0 saturated carbocycles. The summed E-state index contributed by atoms with van der Waals surface area (Å²) in [6.45, 7) is 1.19. The molecule has 0 fully saturated rings. The lowest BCUT2D eigenvalue weighted by atomic mass is 10.1. The van der Waals surface area contributed by atoms with Gasteiger partial charge in [0.05, 0.1) is 11.4 Å². The standard InChI is InChI=1S/C14H15N3O/c15-5-6-17-13-8-11-4-2-1-3-10(11)7-12(13)16-14(17)9-18/h1-4,7-9,14,16H,5-6,15H2. The van der Waals surface area contributed by atoms with Crippen LogP contribution in [-0.4, -0.2) is 25.5 Å². The highest BCUT2D eigenvalue weighted by molar-refractivity contribution is 5.96. The Morgan fingerprint density at radius 1 is 1.28 bits per heavy atom. The number of nitrogens with two attached hydrogens (primary N) is 1. The number of rotatable bonds is 3. The number of fused-ring (bicyclic) bond motifs is 2. The molecule has 2 aromatic carbocycles. The summed E-state index contributed by atoms with van der Waals surface area (Å²) in [7, 11) is 0. The van der Waals surface area contributed by atoms with Crippen molar-refractivity contribution < 1.29 is 4.79 Å². The summed E-state index contributed by atoms with van der Waals surface area (Å²) in [4.78, 5) is 13.1. The smallest absolute Gasteiger partial charge is 0.162 e. The van der Waals surface area contributed by atoms with Crippen LogP contribution in [0.5, 0.6) is 0 Å². The normalized spacial score (nSPS) is 17.6. The van der Waals surface area contributed by atoms with E-state index >= 15 is 0 Å². The molecule has 92 valence electrons. The topological polar surface area (TPSA) is 58.4 Å². The van der Waals surface area contributed by atoms with Crippen LogP contribution < -0.4 is 16.0 Å². The second-order valence-corrected chi connectivity index (χ2v) is 4.42. The first-order valence-electron chi connectivity index (χ1n) is 6.05. The Hall–Kier alpha value is -2.07. The first-order valence-corrected chi connectivity index (χ1v) is 6.05. The first kappa shape index (κ1) is 11.0. The van der Waals surface area contributed by atoms with Gasteiger partial charge in [0, 0.05) is 13.1 Å². The summed E-state index contributed by atoms with van der Waals surface area (Å²) < 4.78 is 0. The van der Waals surface area contributed by atoms with E-state index < -0.39 is 0 Å². The Morgan fingerprint density at radius 2 is 2.00 bits per heavy atom. The number of aldehydes is 1. The van der Waals surface area contributed by atoms with Crippen molar-refractivity contribution in [1.82, 2.24) is 0 Å². The highest BCUT2D eigenvalue weighted by Crippen LogP contribution is 2.37. The van der Waals surface area contributed by atoms with Crippen LogP contribution in [-0.2, 0) is 4.79 Å². The largest absolute Gasteiger partial charge is 0.358 e. The number of carbonyl (C=O) groups is 1. The monoisotopic (exact) mass is 241 g/mol. The molecule has 1 aliphatic heterocycles. The summed E-state index contributed by atoms with van der Waals surface area (Å²) in [6.07, 6.45) is 0.612. The lowest BCUT2D eigenvalue weighted by Gasteiger charge is -2.21. The number of benzene rings is 2. The first-order chi connectivity index (χ1) is 8.83. The molecule has 4 nitrogen and oxygen atoms in total. The molecule has 0 aliphatic carbocycles. The third-order valence-electron chi connectivity index (χ3n) is 3.31. The Balaban J connectivity index is 2.13. The molecule has 1 heterocycles. The molecule has 1 aliphatic rings. The third-order valence-corrected chi connectivity index (χ3v) is 3.31. The molecule has 18 heavy (non-hydrogen) atoms. The van der Waals surface area contributed by atoms with Crippen molar-refractivity contribution in [3.05, 3.63) is 36.4 Å². The molecule has 0 bridgehead atoms. The van der Waals surface area contributed by atoms with Gasteiger partial charge in [-0.2, -0.15) is 0 Å². The van der Waals surface area contributed by atoms with E-state index in [9.17, 15) is 4.79 Å². The van der Waals surface area contributed by atoms with E-state index in [0.717, 1.165) is 17.7 Å². The van der Waals surface area contributed by atoms with Crippen LogP contribution >= 0.6 is 0 Å². The van der Waals surface area contributed by atoms with Crippen molar-refractivity contribution in [3.8, 4) is 0 Å². The zero-order valence-corrected chi connectivity index (χ0v) is 9.97. The fourth-order valence-corrected chi connectivity index (χ4v) is 2.47. The third kappa shape index (κ3) is 1.62. The summed E-state index contributed by atoms with van der Waals surface area (Å²) >= 11 is 0. The van der Waals surface area contributed by atoms with Crippen LogP contribution in [0.4, 0.5) is 11.4 Å². The minimum atomic E-state index is -0.305. The number of carbonyl (C=O) groups excluding carboxylic acids is 1. The van der Waals surface area contributed by atoms with Crippen LogP contribution in [0.15, 0.2) is 36.4 Å². The average molecular weight is 241 g/mol. The zero-order valence-electron chi connectivity index (χ0n) is 9.97. The second-order valence-electron chi connectivity index (χ2n) is 4.42. The van der Waals surface area contributed by atoms with Gasteiger partial charge < -0.3 is 16.0 Å². The molecule has 1 unspecified atom stereocenters. The van der Waals surface area contributed by atoms with Crippen LogP contribution in [0, 0.1) is 0 Å². The van der Waals surface area contributed by atoms with Gasteiger partial charge in [0.1, 0.15) is 0 Å². The number of hydrogen-bond acceptors (Lipinski definition) is 4. The maximum atomic E-state index is 11.1. The van der Waals surface area contributed by atoms with E-state index in [4.69, 9.17) is 5.73 Å². The Kier molecular flexibility index (Phi) is 2.64. The van der Waals surface area contributed by atoms with Gasteiger partial charge in [-0.15, -0.1) is 0 Å².